The van der Waals surface area contributed by atoms with E-state index in [1.54, 1.807) is 0 Å². The summed E-state index contributed by atoms with van der Waals surface area (Å²) in [6.45, 7) is 4.29. The molecule has 2 atom stereocenters. The van der Waals surface area contributed by atoms with Crippen LogP contribution in [0.2, 0.25) is 0 Å². The number of phenols is 2. The number of hydrogen-bond acceptors (Lipinski definition) is 2. The topological polar surface area (TPSA) is 40.5 Å². The molecule has 0 radical (unpaired) electrons. The van der Waals surface area contributed by atoms with Crippen molar-refractivity contribution in [2.75, 3.05) is 0 Å². The molecular weight excluding hydrogens is 438 g/mol. The van der Waals surface area contributed by atoms with Crippen molar-refractivity contribution >= 4 is 46.4 Å². The number of alkyl halides is 4. The average molecular weight is 464 g/mol. The number of halogens is 4. The lowest BCUT2D eigenvalue weighted by Gasteiger charge is -2.28. The second-order valence-electron chi connectivity index (χ2n) is 6.94. The summed E-state index contributed by atoms with van der Waals surface area (Å²) in [5.41, 5.74) is 4.97. The summed E-state index contributed by atoms with van der Waals surface area (Å²) in [4.78, 5) is 0. The SMILES string of the molecule is CCC(c1cc(CCl)c(O)c(CCl)c1)C(CC)c1cc(CCl)c(O)c(CCl)c1. The molecule has 154 valence electrons. The molecule has 0 amide bonds. The highest BCUT2D eigenvalue weighted by atomic mass is 35.5. The molecule has 28 heavy (non-hydrogen) atoms. The van der Waals surface area contributed by atoms with Gasteiger partial charge in [0.15, 0.2) is 0 Å². The molecule has 2 unspecified atom stereocenters. The maximum Gasteiger partial charge on any atom is 0.124 e. The van der Waals surface area contributed by atoms with Crippen molar-refractivity contribution in [1.29, 1.82) is 0 Å². The van der Waals surface area contributed by atoms with Crippen LogP contribution in [-0.2, 0) is 23.5 Å². The molecule has 2 aromatic carbocycles. The third-order valence-corrected chi connectivity index (χ3v) is 6.53. The van der Waals surface area contributed by atoms with Crippen LogP contribution in [0.3, 0.4) is 0 Å². The quantitative estimate of drug-likeness (QED) is 0.373. The van der Waals surface area contributed by atoms with Crippen LogP contribution in [0.15, 0.2) is 24.3 Å². The van der Waals surface area contributed by atoms with Gasteiger partial charge in [-0.1, -0.05) is 38.1 Å². The first-order valence-electron chi connectivity index (χ1n) is 9.38. The lowest BCUT2D eigenvalue weighted by Crippen LogP contribution is -2.12. The van der Waals surface area contributed by atoms with Crippen molar-refractivity contribution in [3.63, 3.8) is 0 Å². The smallest absolute Gasteiger partial charge is 0.124 e. The third kappa shape index (κ3) is 4.84. The minimum atomic E-state index is 0.176. The maximum absolute atomic E-state index is 10.3. The van der Waals surface area contributed by atoms with E-state index >= 15 is 0 Å². The molecule has 0 saturated carbocycles. The Morgan fingerprint density at radius 2 is 0.857 bits per heavy atom. The Hall–Kier alpha value is -0.800. The van der Waals surface area contributed by atoms with Gasteiger partial charge < -0.3 is 10.2 Å². The first kappa shape index (κ1) is 23.5. The van der Waals surface area contributed by atoms with Crippen molar-refractivity contribution < 1.29 is 10.2 Å². The summed E-state index contributed by atoms with van der Waals surface area (Å²) in [7, 11) is 0. The van der Waals surface area contributed by atoms with Gasteiger partial charge in [-0.3, -0.25) is 0 Å². The van der Waals surface area contributed by atoms with Crippen LogP contribution in [0.4, 0.5) is 0 Å². The summed E-state index contributed by atoms with van der Waals surface area (Å²) in [6, 6.07) is 7.89. The summed E-state index contributed by atoms with van der Waals surface area (Å²) < 4.78 is 0. The van der Waals surface area contributed by atoms with Gasteiger partial charge in [0.25, 0.3) is 0 Å². The fourth-order valence-corrected chi connectivity index (χ4v) is 4.73. The van der Waals surface area contributed by atoms with Crippen molar-refractivity contribution in [2.24, 2.45) is 0 Å². The van der Waals surface area contributed by atoms with Gasteiger partial charge in [0.05, 0.1) is 23.5 Å². The molecule has 2 aromatic rings. The Morgan fingerprint density at radius 3 is 1.04 bits per heavy atom. The summed E-state index contributed by atoms with van der Waals surface area (Å²) in [5.74, 6) is 1.65. The molecule has 0 heterocycles. The molecule has 0 saturated heterocycles. The molecule has 0 aliphatic heterocycles. The molecule has 0 aliphatic rings. The summed E-state index contributed by atoms with van der Waals surface area (Å²) in [6.07, 6.45) is 1.81. The van der Waals surface area contributed by atoms with Crippen molar-refractivity contribution in [3.05, 3.63) is 57.6 Å². The molecule has 2 rings (SSSR count). The minimum absolute atomic E-state index is 0.176. The minimum Gasteiger partial charge on any atom is -0.507 e. The monoisotopic (exact) mass is 462 g/mol. The van der Waals surface area contributed by atoms with Crippen LogP contribution in [0.5, 0.6) is 11.5 Å². The normalized spacial score (nSPS) is 13.5. The van der Waals surface area contributed by atoms with Gasteiger partial charge in [-0.05, 0) is 35.8 Å². The van der Waals surface area contributed by atoms with Gasteiger partial charge in [-0.2, -0.15) is 0 Å². The zero-order valence-corrected chi connectivity index (χ0v) is 19.1. The zero-order valence-electron chi connectivity index (χ0n) is 16.1. The number of rotatable bonds is 9. The Bertz CT molecular complexity index is 690. The van der Waals surface area contributed by atoms with Crippen LogP contribution in [0, 0.1) is 0 Å². The fourth-order valence-electron chi connectivity index (χ4n) is 3.91. The standard InChI is InChI=1S/C22H26Cl4O2/c1-3-19(13-5-15(9-23)21(27)16(6-13)10-24)20(4-2)14-7-17(11-25)22(28)18(8-14)12-26/h5-8,19-20,27-28H,3-4,9-12H2,1-2H3. The molecule has 0 aliphatic carbocycles. The first-order chi connectivity index (χ1) is 13.4. The lowest BCUT2D eigenvalue weighted by atomic mass is 9.77. The highest BCUT2D eigenvalue weighted by Gasteiger charge is 2.25. The first-order valence-corrected chi connectivity index (χ1v) is 11.5. The lowest BCUT2D eigenvalue weighted by molar-refractivity contribution is 0.460. The highest BCUT2D eigenvalue weighted by Crippen LogP contribution is 2.42. The maximum atomic E-state index is 10.3. The number of hydrogen-bond donors (Lipinski definition) is 2. The molecule has 0 fully saturated rings. The molecule has 0 bridgehead atoms. The number of benzene rings is 2. The van der Waals surface area contributed by atoms with Crippen LogP contribution in [0.1, 0.15) is 71.9 Å². The van der Waals surface area contributed by atoms with Crippen LogP contribution < -0.4 is 0 Å². The predicted molar refractivity (Wildman–Crippen MR) is 121 cm³/mol. The molecule has 0 spiro atoms. The predicted octanol–water partition coefficient (Wildman–Crippen LogP) is 7.74. The van der Waals surface area contributed by atoms with Crippen molar-refractivity contribution in [2.45, 2.75) is 62.0 Å². The molecule has 2 nitrogen and oxygen atoms in total. The van der Waals surface area contributed by atoms with Crippen LogP contribution in [-0.4, -0.2) is 10.2 Å². The molecule has 6 heteroatoms. The van der Waals surface area contributed by atoms with Crippen LogP contribution in [0.25, 0.3) is 0 Å². The van der Waals surface area contributed by atoms with E-state index in [0.717, 1.165) is 24.0 Å². The van der Waals surface area contributed by atoms with E-state index < -0.39 is 0 Å². The average Bonchev–Trinajstić information content (AvgIpc) is 2.72. The Labute approximate surface area is 187 Å². The number of aromatic hydroxyl groups is 2. The molecular formula is C22H26Cl4O2. The number of phenolic OH excluding ortho intramolecular Hbond substituents is 2. The van der Waals surface area contributed by atoms with Gasteiger partial charge in [-0.15, -0.1) is 46.4 Å². The molecule has 2 N–H and O–H groups in total. The Morgan fingerprint density at radius 1 is 0.607 bits per heavy atom. The van der Waals surface area contributed by atoms with Gasteiger partial charge in [0.2, 0.25) is 0 Å². The summed E-state index contributed by atoms with van der Waals surface area (Å²) >= 11 is 24.2. The summed E-state index contributed by atoms with van der Waals surface area (Å²) in [5, 5.41) is 20.6. The van der Waals surface area contributed by atoms with Crippen LogP contribution >= 0.6 is 46.4 Å². The van der Waals surface area contributed by atoms with E-state index in [-0.39, 0.29) is 46.9 Å². The molecule has 0 aromatic heterocycles. The van der Waals surface area contributed by atoms with E-state index in [0.29, 0.717) is 22.3 Å². The third-order valence-electron chi connectivity index (χ3n) is 5.38. The highest BCUT2D eigenvalue weighted by molar-refractivity contribution is 6.18. The van der Waals surface area contributed by atoms with E-state index in [2.05, 4.69) is 13.8 Å². The second-order valence-corrected chi connectivity index (χ2v) is 8.01. The second kappa shape index (κ2) is 10.8. The van der Waals surface area contributed by atoms with E-state index in [1.807, 2.05) is 24.3 Å². The van der Waals surface area contributed by atoms with Gasteiger partial charge in [0.1, 0.15) is 11.5 Å². The van der Waals surface area contributed by atoms with Gasteiger partial charge in [0, 0.05) is 22.3 Å². The Balaban J connectivity index is 2.58. The van der Waals surface area contributed by atoms with Gasteiger partial charge >= 0.3 is 0 Å². The van der Waals surface area contributed by atoms with E-state index in [1.165, 1.54) is 0 Å². The van der Waals surface area contributed by atoms with Gasteiger partial charge in [-0.25, -0.2) is 0 Å². The fraction of sp³-hybridized carbons (Fsp3) is 0.455. The Kier molecular flexibility index (Phi) is 9.08. The zero-order chi connectivity index (χ0) is 20.8. The van der Waals surface area contributed by atoms with E-state index in [9.17, 15) is 10.2 Å². The van der Waals surface area contributed by atoms with Crippen molar-refractivity contribution in [3.8, 4) is 11.5 Å². The van der Waals surface area contributed by atoms with E-state index in [4.69, 9.17) is 46.4 Å². The van der Waals surface area contributed by atoms with Crippen molar-refractivity contribution in [1.82, 2.24) is 0 Å². The largest absolute Gasteiger partial charge is 0.507 e.